The normalized spacial score (nSPS) is 22.1. The first-order valence-corrected chi connectivity index (χ1v) is 11.5. The van der Waals surface area contributed by atoms with E-state index in [4.69, 9.17) is 11.6 Å². The van der Waals surface area contributed by atoms with Crippen molar-refractivity contribution in [3.8, 4) is 0 Å². The lowest BCUT2D eigenvalue weighted by Crippen LogP contribution is -2.64. The van der Waals surface area contributed by atoms with Crippen molar-refractivity contribution < 1.29 is 18.4 Å². The number of fused-ring (bicyclic) bond motifs is 1. The maximum Gasteiger partial charge on any atom is 0.246 e. The molecular weight excluding hydrogens is 444 g/mol. The number of nitrogens with zero attached hydrogens (tertiary/aromatic N) is 3. The molecule has 2 saturated heterocycles. The third-order valence-electron chi connectivity index (χ3n) is 5.82. The van der Waals surface area contributed by atoms with Crippen molar-refractivity contribution in [2.45, 2.75) is 11.5 Å². The number of amides is 2. The molecule has 3 heterocycles. The third-order valence-corrected chi connectivity index (χ3v) is 6.66. The van der Waals surface area contributed by atoms with Crippen LogP contribution in [0.2, 0.25) is 5.02 Å². The number of benzene rings is 1. The molecular formula is C19H24ClN6O4S-. The van der Waals surface area contributed by atoms with Gasteiger partial charge in [0.25, 0.3) is 0 Å². The Bertz CT molecular complexity index is 917. The average Bonchev–Trinajstić information content (AvgIpc) is 3.15. The molecule has 3 aliphatic heterocycles. The molecule has 2 unspecified atom stereocenters. The van der Waals surface area contributed by atoms with Gasteiger partial charge in [-0.05, 0) is 29.3 Å². The summed E-state index contributed by atoms with van der Waals surface area (Å²) in [4.78, 5) is 30.1. The smallest absolute Gasteiger partial charge is 0.246 e. The van der Waals surface area contributed by atoms with Gasteiger partial charge in [0.1, 0.15) is 0 Å². The Morgan fingerprint density at radius 3 is 2.58 bits per heavy atom. The molecule has 1 aromatic carbocycles. The van der Waals surface area contributed by atoms with E-state index in [1.165, 1.54) is 6.08 Å². The summed E-state index contributed by atoms with van der Waals surface area (Å²) >= 11 is 3.77. The highest BCUT2D eigenvalue weighted by molar-refractivity contribution is 7.80. The third kappa shape index (κ3) is 4.64. The summed E-state index contributed by atoms with van der Waals surface area (Å²) in [6, 6.07) is 3.63. The molecule has 0 bridgehead atoms. The van der Waals surface area contributed by atoms with Gasteiger partial charge >= 0.3 is 0 Å². The zero-order valence-electron chi connectivity index (χ0n) is 16.8. The number of piperazine rings is 1. The van der Waals surface area contributed by atoms with E-state index in [1.54, 1.807) is 21.9 Å². The maximum absolute atomic E-state index is 12.7. The Balaban J connectivity index is 1.27. The van der Waals surface area contributed by atoms with E-state index in [1.807, 2.05) is 0 Å². The molecule has 168 valence electrons. The van der Waals surface area contributed by atoms with Gasteiger partial charge in [-0.1, -0.05) is 18.2 Å². The van der Waals surface area contributed by atoms with Crippen LogP contribution in [0, 0.1) is 0 Å². The van der Waals surface area contributed by atoms with Gasteiger partial charge < -0.3 is 30.3 Å². The Morgan fingerprint density at radius 1 is 1.23 bits per heavy atom. The fourth-order valence-electron chi connectivity index (χ4n) is 4.03. The van der Waals surface area contributed by atoms with Crippen molar-refractivity contribution in [1.29, 1.82) is 0 Å². The number of hydrogen-bond acceptors (Lipinski definition) is 8. The quantitative estimate of drug-likeness (QED) is 0.403. The van der Waals surface area contributed by atoms with Crippen molar-refractivity contribution in [2.24, 2.45) is 0 Å². The zero-order chi connectivity index (χ0) is 22.1. The molecule has 4 rings (SSSR count). The van der Waals surface area contributed by atoms with Crippen LogP contribution >= 0.6 is 11.6 Å². The minimum Gasteiger partial charge on any atom is -0.769 e. The number of likely N-dealkylation sites (tertiary alicyclic amines) is 1. The molecule has 0 radical (unpaired) electrons. The molecule has 2 fully saturated rings. The number of carbonyl (C=O) groups excluding carboxylic acids is 2. The highest BCUT2D eigenvalue weighted by Gasteiger charge is 2.35. The minimum atomic E-state index is -2.36. The number of rotatable bonds is 6. The van der Waals surface area contributed by atoms with Crippen LogP contribution in [0.15, 0.2) is 24.8 Å². The summed E-state index contributed by atoms with van der Waals surface area (Å²) in [6.45, 7) is 7.77. The second-order valence-corrected chi connectivity index (χ2v) is 9.11. The zero-order valence-corrected chi connectivity index (χ0v) is 18.4. The van der Waals surface area contributed by atoms with Gasteiger partial charge in [-0.15, -0.1) is 0 Å². The van der Waals surface area contributed by atoms with Crippen molar-refractivity contribution >= 4 is 51.6 Å². The predicted molar refractivity (Wildman–Crippen MR) is 119 cm³/mol. The Hall–Kier alpha value is -2.34. The monoisotopic (exact) mass is 467 g/mol. The molecule has 3 N–H and O–H groups in total. The fourth-order valence-corrected chi connectivity index (χ4v) is 4.69. The van der Waals surface area contributed by atoms with E-state index in [9.17, 15) is 18.4 Å². The van der Waals surface area contributed by atoms with Crippen LogP contribution in [0.5, 0.6) is 0 Å². The number of anilines is 3. The van der Waals surface area contributed by atoms with E-state index >= 15 is 0 Å². The number of halogens is 1. The number of hydrogen-bond donors (Lipinski definition) is 3. The highest BCUT2D eigenvalue weighted by Crippen LogP contribution is 2.39. The summed E-state index contributed by atoms with van der Waals surface area (Å²) in [7, 11) is 0. The van der Waals surface area contributed by atoms with Crippen LogP contribution in [0.1, 0.15) is 0 Å². The molecule has 3 aliphatic rings. The summed E-state index contributed by atoms with van der Waals surface area (Å²) in [6.07, 6.45) is 1.33. The van der Waals surface area contributed by atoms with Crippen LogP contribution in [-0.4, -0.2) is 92.6 Å². The lowest BCUT2D eigenvalue weighted by Gasteiger charge is -2.47. The summed E-state index contributed by atoms with van der Waals surface area (Å²) in [5.74, 6) is -0.0819. The second-order valence-electron chi connectivity index (χ2n) is 7.68. The average molecular weight is 468 g/mol. The standard InChI is InChI=1S/C19H25ClN6O4S/c1-2-16(27)26-10-13(11-26)24-3-5-25(6-4-24)17(28)9-21-14-7-12(20)8-15-18(14)23-19(22-15)31(29)30/h2,7-8,13,19,21-23H,1,3-6,9-11H2,(H,29,30)/p-1. The van der Waals surface area contributed by atoms with Gasteiger partial charge in [-0.3, -0.25) is 18.7 Å². The molecule has 0 spiro atoms. The van der Waals surface area contributed by atoms with E-state index < -0.39 is 16.6 Å². The summed E-state index contributed by atoms with van der Waals surface area (Å²) in [5.41, 5.74) is 0.757. The molecule has 0 saturated carbocycles. The van der Waals surface area contributed by atoms with Crippen LogP contribution in [-0.2, 0) is 20.7 Å². The van der Waals surface area contributed by atoms with E-state index in [0.29, 0.717) is 54.3 Å². The van der Waals surface area contributed by atoms with Gasteiger partial charge in [-0.25, -0.2) is 0 Å². The van der Waals surface area contributed by atoms with Gasteiger partial charge in [0.05, 0.1) is 23.6 Å². The van der Waals surface area contributed by atoms with E-state index in [0.717, 1.165) is 13.1 Å². The van der Waals surface area contributed by atoms with Crippen molar-refractivity contribution in [3.05, 3.63) is 29.8 Å². The molecule has 0 aromatic heterocycles. The molecule has 31 heavy (non-hydrogen) atoms. The Labute approximate surface area is 187 Å². The predicted octanol–water partition coefficient (Wildman–Crippen LogP) is 0.293. The van der Waals surface area contributed by atoms with Gasteiger partial charge in [0, 0.05) is 50.3 Å². The first kappa shape index (κ1) is 21.9. The molecule has 2 atom stereocenters. The molecule has 10 nitrogen and oxygen atoms in total. The number of nitrogens with one attached hydrogen (secondary N) is 3. The lowest BCUT2D eigenvalue weighted by atomic mass is 10.1. The highest BCUT2D eigenvalue weighted by atomic mass is 35.5. The SMILES string of the molecule is C=CC(=O)N1CC(N2CCN(C(=O)CNc3cc(Cl)cc4c3NC(S(=O)[O-])N4)CC2)C1. The number of carbonyl (C=O) groups is 2. The first-order valence-electron chi connectivity index (χ1n) is 9.97. The molecule has 12 heteroatoms. The molecule has 1 aromatic rings. The summed E-state index contributed by atoms with van der Waals surface area (Å²) in [5, 5.41) is 9.20. The molecule has 0 aliphatic carbocycles. The van der Waals surface area contributed by atoms with Crippen molar-refractivity contribution in [3.63, 3.8) is 0 Å². The van der Waals surface area contributed by atoms with Crippen molar-refractivity contribution in [2.75, 3.05) is 61.8 Å². The Morgan fingerprint density at radius 2 is 1.94 bits per heavy atom. The molecule has 2 amide bonds. The minimum absolute atomic E-state index is 0.0406. The largest absolute Gasteiger partial charge is 0.769 e. The van der Waals surface area contributed by atoms with Crippen LogP contribution < -0.4 is 16.0 Å². The summed E-state index contributed by atoms with van der Waals surface area (Å²) < 4.78 is 22.5. The van der Waals surface area contributed by atoms with Crippen LogP contribution in [0.25, 0.3) is 0 Å². The van der Waals surface area contributed by atoms with E-state index in [-0.39, 0.29) is 18.4 Å². The van der Waals surface area contributed by atoms with Crippen molar-refractivity contribution in [1.82, 2.24) is 14.7 Å². The van der Waals surface area contributed by atoms with Gasteiger partial charge in [-0.2, -0.15) is 0 Å². The maximum atomic E-state index is 12.7. The second kappa shape index (κ2) is 9.03. The van der Waals surface area contributed by atoms with Gasteiger partial charge in [0.15, 0.2) is 5.50 Å². The lowest BCUT2D eigenvalue weighted by molar-refractivity contribution is -0.135. The Kier molecular flexibility index (Phi) is 6.37. The van der Waals surface area contributed by atoms with Crippen LogP contribution in [0.4, 0.5) is 17.1 Å². The van der Waals surface area contributed by atoms with E-state index in [2.05, 4.69) is 27.4 Å². The van der Waals surface area contributed by atoms with Gasteiger partial charge in [0.2, 0.25) is 11.8 Å². The fraction of sp³-hybridized carbons (Fsp3) is 0.474. The van der Waals surface area contributed by atoms with Crippen LogP contribution in [0.3, 0.4) is 0 Å². The topological polar surface area (TPSA) is 120 Å². The first-order chi connectivity index (χ1) is 14.9.